The smallest absolute Gasteiger partial charge is 0.265 e. The van der Waals surface area contributed by atoms with Crippen molar-refractivity contribution in [3.8, 4) is 5.75 Å². The van der Waals surface area contributed by atoms with Gasteiger partial charge in [-0.1, -0.05) is 15.9 Å². The molecule has 2 aromatic rings. The number of hydrogen-bond acceptors (Lipinski definition) is 3. The third-order valence-corrected chi connectivity index (χ3v) is 3.84. The molecule has 23 heavy (non-hydrogen) atoms. The van der Waals surface area contributed by atoms with E-state index in [1.54, 1.807) is 31.2 Å². The summed E-state index contributed by atoms with van der Waals surface area (Å²) in [6, 6.07) is 9.02. The van der Waals surface area contributed by atoms with E-state index in [1.807, 2.05) is 0 Å². The third-order valence-electron chi connectivity index (χ3n) is 3.34. The predicted molar refractivity (Wildman–Crippen MR) is 87.2 cm³/mol. The standard InChI is InChI=1S/C16H12BrFN2O3/c1-8-15(21)20-13-7-10(3-5-14(13)23-8)19-16(22)11-4-2-9(17)6-12(11)18/h2-8H,1H3,(H,19,22)(H,20,21). The minimum absolute atomic E-state index is 0.0696. The Balaban J connectivity index is 1.82. The summed E-state index contributed by atoms with van der Waals surface area (Å²) in [5, 5.41) is 5.28. The van der Waals surface area contributed by atoms with Gasteiger partial charge in [-0.2, -0.15) is 0 Å². The van der Waals surface area contributed by atoms with Crippen LogP contribution in [-0.2, 0) is 4.79 Å². The first-order valence-electron chi connectivity index (χ1n) is 6.82. The fraction of sp³-hybridized carbons (Fsp3) is 0.125. The van der Waals surface area contributed by atoms with Crippen LogP contribution in [-0.4, -0.2) is 17.9 Å². The second-order valence-electron chi connectivity index (χ2n) is 5.04. The van der Waals surface area contributed by atoms with E-state index in [0.717, 1.165) is 0 Å². The van der Waals surface area contributed by atoms with E-state index in [2.05, 4.69) is 26.6 Å². The lowest BCUT2D eigenvalue weighted by Gasteiger charge is -2.23. The van der Waals surface area contributed by atoms with Gasteiger partial charge < -0.3 is 15.4 Å². The molecule has 1 aliphatic rings. The zero-order valence-corrected chi connectivity index (χ0v) is 13.6. The van der Waals surface area contributed by atoms with Gasteiger partial charge in [-0.05, 0) is 43.3 Å². The van der Waals surface area contributed by atoms with Gasteiger partial charge in [0, 0.05) is 10.2 Å². The van der Waals surface area contributed by atoms with Crippen LogP contribution in [0.15, 0.2) is 40.9 Å². The average molecular weight is 379 g/mol. The van der Waals surface area contributed by atoms with Crippen molar-refractivity contribution in [2.24, 2.45) is 0 Å². The van der Waals surface area contributed by atoms with Gasteiger partial charge >= 0.3 is 0 Å². The highest BCUT2D eigenvalue weighted by Gasteiger charge is 2.23. The lowest BCUT2D eigenvalue weighted by atomic mass is 10.1. The number of carbonyl (C=O) groups is 2. The number of rotatable bonds is 2. The van der Waals surface area contributed by atoms with E-state index >= 15 is 0 Å². The maximum Gasteiger partial charge on any atom is 0.265 e. The molecule has 1 unspecified atom stereocenters. The Morgan fingerprint density at radius 2 is 2.09 bits per heavy atom. The van der Waals surface area contributed by atoms with E-state index < -0.39 is 17.8 Å². The molecule has 1 atom stereocenters. The molecule has 7 heteroatoms. The summed E-state index contributed by atoms with van der Waals surface area (Å²) in [6.45, 7) is 1.64. The Bertz CT molecular complexity index is 810. The molecule has 0 saturated carbocycles. The molecule has 0 bridgehead atoms. The fourth-order valence-corrected chi connectivity index (χ4v) is 2.49. The van der Waals surface area contributed by atoms with Gasteiger partial charge in [0.15, 0.2) is 6.10 Å². The van der Waals surface area contributed by atoms with Crippen LogP contribution in [0.4, 0.5) is 15.8 Å². The Morgan fingerprint density at radius 1 is 1.30 bits per heavy atom. The first-order valence-corrected chi connectivity index (χ1v) is 7.61. The summed E-state index contributed by atoms with van der Waals surface area (Å²) in [6.07, 6.45) is -0.570. The summed E-state index contributed by atoms with van der Waals surface area (Å²) in [4.78, 5) is 23.8. The first-order chi connectivity index (χ1) is 10.9. The fourth-order valence-electron chi connectivity index (χ4n) is 2.16. The van der Waals surface area contributed by atoms with Crippen LogP contribution in [0, 0.1) is 5.82 Å². The van der Waals surface area contributed by atoms with Crippen LogP contribution in [0.25, 0.3) is 0 Å². The maximum absolute atomic E-state index is 13.8. The van der Waals surface area contributed by atoms with Gasteiger partial charge in [-0.15, -0.1) is 0 Å². The Labute approximate surface area is 140 Å². The molecule has 3 rings (SSSR count). The Hall–Kier alpha value is -2.41. The van der Waals surface area contributed by atoms with Gasteiger partial charge in [0.1, 0.15) is 11.6 Å². The number of anilines is 2. The molecule has 2 amide bonds. The largest absolute Gasteiger partial charge is 0.479 e. The highest BCUT2D eigenvalue weighted by molar-refractivity contribution is 9.10. The van der Waals surface area contributed by atoms with Crippen LogP contribution in [0.3, 0.4) is 0 Å². The van der Waals surface area contributed by atoms with Crippen molar-refractivity contribution in [1.82, 2.24) is 0 Å². The molecule has 0 aliphatic carbocycles. The SMILES string of the molecule is CC1Oc2ccc(NC(=O)c3ccc(Br)cc3F)cc2NC1=O. The number of halogens is 2. The van der Waals surface area contributed by atoms with Crippen LogP contribution in [0.2, 0.25) is 0 Å². The molecule has 5 nitrogen and oxygen atoms in total. The van der Waals surface area contributed by atoms with Gasteiger partial charge in [0.05, 0.1) is 11.3 Å². The van der Waals surface area contributed by atoms with Crippen LogP contribution >= 0.6 is 15.9 Å². The number of carbonyl (C=O) groups excluding carboxylic acids is 2. The summed E-state index contributed by atoms with van der Waals surface area (Å²) < 4.78 is 19.8. The van der Waals surface area contributed by atoms with Crippen molar-refractivity contribution < 1.29 is 18.7 Å². The highest BCUT2D eigenvalue weighted by atomic mass is 79.9. The van der Waals surface area contributed by atoms with E-state index in [-0.39, 0.29) is 11.5 Å². The molecule has 1 heterocycles. The second kappa shape index (κ2) is 6.00. The van der Waals surface area contributed by atoms with Crippen LogP contribution < -0.4 is 15.4 Å². The lowest BCUT2D eigenvalue weighted by molar-refractivity contribution is -0.122. The number of amides is 2. The summed E-state index contributed by atoms with van der Waals surface area (Å²) in [7, 11) is 0. The van der Waals surface area contributed by atoms with Crippen molar-refractivity contribution in [2.45, 2.75) is 13.0 Å². The maximum atomic E-state index is 13.8. The van der Waals surface area contributed by atoms with Gasteiger partial charge in [-0.3, -0.25) is 9.59 Å². The molecule has 0 saturated heterocycles. The van der Waals surface area contributed by atoms with E-state index in [1.165, 1.54) is 12.1 Å². The van der Waals surface area contributed by atoms with Crippen LogP contribution in [0.5, 0.6) is 5.75 Å². The molecule has 118 valence electrons. The second-order valence-corrected chi connectivity index (χ2v) is 5.95. The zero-order valence-electron chi connectivity index (χ0n) is 12.0. The van der Waals surface area contributed by atoms with E-state index in [4.69, 9.17) is 4.74 Å². The predicted octanol–water partition coefficient (Wildman–Crippen LogP) is 3.56. The van der Waals surface area contributed by atoms with Crippen molar-refractivity contribution in [3.63, 3.8) is 0 Å². The molecular formula is C16H12BrFN2O3. The summed E-state index contributed by atoms with van der Waals surface area (Å²) >= 11 is 3.14. The molecular weight excluding hydrogens is 367 g/mol. The highest BCUT2D eigenvalue weighted by Crippen LogP contribution is 2.32. The molecule has 2 aromatic carbocycles. The normalized spacial score (nSPS) is 16.1. The summed E-state index contributed by atoms with van der Waals surface area (Å²) in [5.41, 5.74) is 0.816. The molecule has 0 spiro atoms. The van der Waals surface area contributed by atoms with Gasteiger partial charge in [0.2, 0.25) is 0 Å². The van der Waals surface area contributed by atoms with Gasteiger partial charge in [0.25, 0.3) is 11.8 Å². The minimum atomic E-state index is -0.625. The number of fused-ring (bicyclic) bond motifs is 1. The quantitative estimate of drug-likeness (QED) is 0.839. The number of ether oxygens (including phenoxy) is 1. The molecule has 0 aromatic heterocycles. The zero-order chi connectivity index (χ0) is 16.6. The Kier molecular flexibility index (Phi) is 4.04. The summed E-state index contributed by atoms with van der Waals surface area (Å²) in [5.74, 6) is -0.948. The van der Waals surface area contributed by atoms with E-state index in [9.17, 15) is 14.0 Å². The van der Waals surface area contributed by atoms with Crippen LogP contribution in [0.1, 0.15) is 17.3 Å². The topological polar surface area (TPSA) is 67.4 Å². The molecule has 0 radical (unpaired) electrons. The molecule has 2 N–H and O–H groups in total. The van der Waals surface area contributed by atoms with Gasteiger partial charge in [-0.25, -0.2) is 4.39 Å². The lowest BCUT2D eigenvalue weighted by Crippen LogP contribution is -2.34. The monoisotopic (exact) mass is 378 g/mol. The van der Waals surface area contributed by atoms with Crippen molar-refractivity contribution >= 4 is 39.1 Å². The third kappa shape index (κ3) is 3.19. The number of hydrogen-bond donors (Lipinski definition) is 2. The average Bonchev–Trinajstić information content (AvgIpc) is 2.48. The molecule has 1 aliphatic heterocycles. The van der Waals surface area contributed by atoms with E-state index in [0.29, 0.717) is 21.6 Å². The van der Waals surface area contributed by atoms with Crippen molar-refractivity contribution in [3.05, 3.63) is 52.3 Å². The van der Waals surface area contributed by atoms with Crippen molar-refractivity contribution in [1.29, 1.82) is 0 Å². The Morgan fingerprint density at radius 3 is 2.83 bits per heavy atom. The number of nitrogens with one attached hydrogen (secondary N) is 2. The van der Waals surface area contributed by atoms with Crippen molar-refractivity contribution in [2.75, 3.05) is 10.6 Å². The first kappa shape index (κ1) is 15.5. The minimum Gasteiger partial charge on any atom is -0.479 e. The molecule has 0 fully saturated rings. The number of benzene rings is 2.